The maximum atomic E-state index is 5.98. The lowest BCUT2D eigenvalue weighted by Crippen LogP contribution is -2.11. The van der Waals surface area contributed by atoms with E-state index in [9.17, 15) is 0 Å². The first-order chi connectivity index (χ1) is 9.28. The van der Waals surface area contributed by atoms with Crippen LogP contribution in [0.1, 0.15) is 12.7 Å². The molecule has 3 rings (SSSR count). The van der Waals surface area contributed by atoms with Crippen LogP contribution in [0.4, 0.5) is 0 Å². The number of benzene rings is 1. The molecule has 0 aliphatic rings. The zero-order valence-corrected chi connectivity index (χ0v) is 11.3. The van der Waals surface area contributed by atoms with E-state index in [2.05, 4.69) is 12.2 Å². The predicted octanol–water partition coefficient (Wildman–Crippen LogP) is 4.46. The molecule has 0 unspecified atom stereocenters. The third kappa shape index (κ3) is 2.39. The summed E-state index contributed by atoms with van der Waals surface area (Å²) >= 11 is 5.98. The Morgan fingerprint density at radius 2 is 2.11 bits per heavy atom. The van der Waals surface area contributed by atoms with Crippen molar-refractivity contribution in [1.29, 1.82) is 0 Å². The monoisotopic (exact) mass is 275 g/mol. The Bertz CT molecular complexity index is 699. The molecule has 1 aromatic carbocycles. The number of furan rings is 2. The van der Waals surface area contributed by atoms with Crippen LogP contribution >= 0.6 is 11.6 Å². The molecule has 2 heterocycles. The minimum atomic E-state index is 0.691. The largest absolute Gasteiger partial charge is 0.467 e. The van der Waals surface area contributed by atoms with Crippen molar-refractivity contribution < 1.29 is 8.83 Å². The number of rotatable bonds is 4. The molecule has 0 bridgehead atoms. The lowest BCUT2D eigenvalue weighted by molar-refractivity contribution is 0.487. The molecular formula is C15H14ClNO2. The summed E-state index contributed by atoms with van der Waals surface area (Å²) in [5.74, 6) is 1.69. The Morgan fingerprint density at radius 3 is 2.95 bits per heavy atom. The third-order valence-electron chi connectivity index (χ3n) is 3.02. The Morgan fingerprint density at radius 1 is 1.21 bits per heavy atom. The van der Waals surface area contributed by atoms with Crippen LogP contribution in [0.5, 0.6) is 0 Å². The summed E-state index contributed by atoms with van der Waals surface area (Å²) < 4.78 is 11.3. The molecule has 0 atom stereocenters. The summed E-state index contributed by atoms with van der Waals surface area (Å²) in [6, 6.07) is 9.51. The first-order valence-corrected chi connectivity index (χ1v) is 6.62. The van der Waals surface area contributed by atoms with Crippen molar-refractivity contribution in [2.75, 3.05) is 6.54 Å². The van der Waals surface area contributed by atoms with Crippen molar-refractivity contribution in [2.24, 2.45) is 0 Å². The average molecular weight is 276 g/mol. The van der Waals surface area contributed by atoms with Gasteiger partial charge in [0.2, 0.25) is 0 Å². The van der Waals surface area contributed by atoms with E-state index in [-0.39, 0.29) is 0 Å². The van der Waals surface area contributed by atoms with Crippen LogP contribution < -0.4 is 5.32 Å². The van der Waals surface area contributed by atoms with Crippen molar-refractivity contribution in [2.45, 2.75) is 13.5 Å². The van der Waals surface area contributed by atoms with Gasteiger partial charge in [0.05, 0.1) is 18.4 Å². The molecule has 0 saturated carbocycles. The molecule has 19 heavy (non-hydrogen) atoms. The van der Waals surface area contributed by atoms with Gasteiger partial charge in [-0.25, -0.2) is 0 Å². The number of nitrogens with one attached hydrogen (secondary N) is 1. The summed E-state index contributed by atoms with van der Waals surface area (Å²) in [6.07, 6.45) is 1.68. The fourth-order valence-corrected chi connectivity index (χ4v) is 2.26. The second kappa shape index (κ2) is 5.11. The molecule has 0 amide bonds. The highest BCUT2D eigenvalue weighted by molar-refractivity contribution is 6.31. The van der Waals surface area contributed by atoms with Gasteiger partial charge in [0.15, 0.2) is 0 Å². The van der Waals surface area contributed by atoms with Gasteiger partial charge in [0.25, 0.3) is 0 Å². The number of hydrogen-bond acceptors (Lipinski definition) is 3. The van der Waals surface area contributed by atoms with Crippen molar-refractivity contribution in [1.82, 2.24) is 5.32 Å². The topological polar surface area (TPSA) is 38.3 Å². The summed E-state index contributed by atoms with van der Waals surface area (Å²) in [6.45, 7) is 3.65. The van der Waals surface area contributed by atoms with Crippen LogP contribution in [0.15, 0.2) is 45.4 Å². The Kier molecular flexibility index (Phi) is 3.32. The summed E-state index contributed by atoms with van der Waals surface area (Å²) in [7, 11) is 0. The molecule has 0 radical (unpaired) electrons. The van der Waals surface area contributed by atoms with Gasteiger partial charge >= 0.3 is 0 Å². The predicted molar refractivity (Wildman–Crippen MR) is 76.3 cm³/mol. The minimum absolute atomic E-state index is 0.691. The Labute approximate surface area is 116 Å². The van der Waals surface area contributed by atoms with Crippen LogP contribution in [0.3, 0.4) is 0 Å². The normalized spacial score (nSPS) is 11.3. The van der Waals surface area contributed by atoms with E-state index in [4.69, 9.17) is 20.4 Å². The van der Waals surface area contributed by atoms with Gasteiger partial charge in [0.1, 0.15) is 17.1 Å². The molecule has 3 aromatic rings. The maximum Gasteiger partial charge on any atom is 0.138 e. The number of fused-ring (bicyclic) bond motifs is 1. The molecule has 0 spiro atoms. The van der Waals surface area contributed by atoms with Crippen LogP contribution in [0, 0.1) is 0 Å². The van der Waals surface area contributed by atoms with E-state index in [1.54, 1.807) is 6.26 Å². The Hall–Kier alpha value is -1.71. The highest BCUT2D eigenvalue weighted by Gasteiger charge is 2.13. The first kappa shape index (κ1) is 12.3. The lowest BCUT2D eigenvalue weighted by atomic mass is 10.2. The average Bonchev–Trinajstić information content (AvgIpc) is 3.01. The molecule has 2 aromatic heterocycles. The van der Waals surface area contributed by atoms with Crippen molar-refractivity contribution in [3.8, 4) is 11.3 Å². The molecule has 98 valence electrons. The molecular weight excluding hydrogens is 262 g/mol. The van der Waals surface area contributed by atoms with Crippen LogP contribution in [0.25, 0.3) is 22.3 Å². The van der Waals surface area contributed by atoms with E-state index in [1.165, 1.54) is 0 Å². The standard InChI is InChI=1S/C15H14ClNO2/c1-2-17-9-15-12(5-6-18-15)14-8-10-7-11(16)3-4-13(10)19-14/h3-8,17H,2,9H2,1H3. The van der Waals surface area contributed by atoms with Crippen molar-refractivity contribution in [3.05, 3.63) is 47.4 Å². The van der Waals surface area contributed by atoms with Gasteiger partial charge in [-0.1, -0.05) is 18.5 Å². The van der Waals surface area contributed by atoms with Crippen LogP contribution in [0.2, 0.25) is 5.02 Å². The third-order valence-corrected chi connectivity index (χ3v) is 3.26. The fraction of sp³-hybridized carbons (Fsp3) is 0.200. The van der Waals surface area contributed by atoms with Gasteiger partial charge < -0.3 is 14.2 Å². The van der Waals surface area contributed by atoms with Crippen LogP contribution in [-0.4, -0.2) is 6.54 Å². The van der Waals surface area contributed by atoms with Crippen molar-refractivity contribution >= 4 is 22.6 Å². The van der Waals surface area contributed by atoms with E-state index in [0.29, 0.717) is 11.6 Å². The molecule has 0 fully saturated rings. The second-order valence-electron chi connectivity index (χ2n) is 4.33. The zero-order chi connectivity index (χ0) is 13.2. The minimum Gasteiger partial charge on any atom is -0.467 e. The molecule has 0 aliphatic heterocycles. The molecule has 1 N–H and O–H groups in total. The fourth-order valence-electron chi connectivity index (χ4n) is 2.08. The quantitative estimate of drug-likeness (QED) is 0.764. The smallest absolute Gasteiger partial charge is 0.138 e. The van der Waals surface area contributed by atoms with Crippen LogP contribution in [-0.2, 0) is 6.54 Å². The summed E-state index contributed by atoms with van der Waals surface area (Å²) in [5, 5.41) is 4.95. The van der Waals surface area contributed by atoms with E-state index in [1.807, 2.05) is 30.3 Å². The number of hydrogen-bond donors (Lipinski definition) is 1. The Balaban J connectivity index is 2.01. The summed E-state index contributed by atoms with van der Waals surface area (Å²) in [5.41, 5.74) is 1.81. The summed E-state index contributed by atoms with van der Waals surface area (Å²) in [4.78, 5) is 0. The first-order valence-electron chi connectivity index (χ1n) is 6.24. The van der Waals surface area contributed by atoms with Crippen molar-refractivity contribution in [3.63, 3.8) is 0 Å². The zero-order valence-electron chi connectivity index (χ0n) is 10.6. The van der Waals surface area contributed by atoms with E-state index >= 15 is 0 Å². The van der Waals surface area contributed by atoms with Gasteiger partial charge in [-0.2, -0.15) is 0 Å². The molecule has 0 saturated heterocycles. The molecule has 4 heteroatoms. The number of halogens is 1. The lowest BCUT2D eigenvalue weighted by Gasteiger charge is -2.00. The highest BCUT2D eigenvalue weighted by Crippen LogP contribution is 2.32. The molecule has 0 aliphatic carbocycles. The van der Waals surface area contributed by atoms with Gasteiger partial charge in [-0.3, -0.25) is 0 Å². The van der Waals surface area contributed by atoms with E-state index < -0.39 is 0 Å². The maximum absolute atomic E-state index is 5.98. The highest BCUT2D eigenvalue weighted by atomic mass is 35.5. The van der Waals surface area contributed by atoms with E-state index in [0.717, 1.165) is 34.6 Å². The van der Waals surface area contributed by atoms with Gasteiger partial charge in [-0.15, -0.1) is 0 Å². The van der Waals surface area contributed by atoms with Gasteiger partial charge in [-0.05, 0) is 36.9 Å². The second-order valence-corrected chi connectivity index (χ2v) is 4.77. The van der Waals surface area contributed by atoms with Gasteiger partial charge in [0, 0.05) is 10.4 Å². The molecule has 3 nitrogen and oxygen atoms in total. The SMILES string of the molecule is CCNCc1occc1-c1cc2cc(Cl)ccc2o1.